The van der Waals surface area contributed by atoms with Crippen molar-refractivity contribution < 1.29 is 19.5 Å². The van der Waals surface area contributed by atoms with Gasteiger partial charge in [-0.3, -0.25) is 14.9 Å². The van der Waals surface area contributed by atoms with Crippen LogP contribution < -0.4 is 11.1 Å². The number of aliphatic carboxylic acids is 1. The van der Waals surface area contributed by atoms with Crippen LogP contribution in [0.25, 0.3) is 0 Å². The smallest absolute Gasteiger partial charge is 0.324 e. The predicted molar refractivity (Wildman–Crippen MR) is 40.7 cm³/mol. The second kappa shape index (κ2) is 3.40. The fourth-order valence-electron chi connectivity index (χ4n) is 0.946. The lowest BCUT2D eigenvalue weighted by molar-refractivity contribution is -0.138. The van der Waals surface area contributed by atoms with Crippen LogP contribution in [0.4, 0.5) is 4.79 Å². The van der Waals surface area contributed by atoms with Crippen LogP contribution in [0.2, 0.25) is 0 Å². The number of nitrogens with one attached hydrogen (secondary N) is 1. The third kappa shape index (κ3) is 2.15. The first-order valence-corrected chi connectivity index (χ1v) is 3.58. The number of nitrogens with zero attached hydrogens (tertiary/aromatic N) is 1. The van der Waals surface area contributed by atoms with Crippen LogP contribution in [0.1, 0.15) is 0 Å². The lowest BCUT2D eigenvalue weighted by Crippen LogP contribution is -2.43. The summed E-state index contributed by atoms with van der Waals surface area (Å²) < 4.78 is 0. The van der Waals surface area contributed by atoms with E-state index in [-0.39, 0.29) is 13.1 Å². The summed E-state index contributed by atoms with van der Waals surface area (Å²) in [5.41, 5.74) is 5.17. The molecule has 0 bridgehead atoms. The zero-order valence-corrected chi connectivity index (χ0v) is 6.69. The molecule has 0 aromatic carbocycles. The van der Waals surface area contributed by atoms with Gasteiger partial charge < -0.3 is 15.7 Å². The molecule has 0 spiro atoms. The number of nitrogens with two attached hydrogens (primary N) is 1. The van der Waals surface area contributed by atoms with Crippen molar-refractivity contribution in [3.8, 4) is 0 Å². The molecule has 7 heteroatoms. The first kappa shape index (κ1) is 9.46. The fourth-order valence-corrected chi connectivity index (χ4v) is 0.946. The van der Waals surface area contributed by atoms with Gasteiger partial charge in [-0.25, -0.2) is 4.79 Å². The van der Waals surface area contributed by atoms with E-state index >= 15 is 0 Å². The largest absolute Gasteiger partial charge is 0.480 e. The molecule has 0 radical (unpaired) electrons. The van der Waals surface area contributed by atoms with Crippen LogP contribution in [-0.4, -0.2) is 47.0 Å². The number of amides is 3. The van der Waals surface area contributed by atoms with Crippen molar-refractivity contribution in [1.29, 1.82) is 0 Å². The van der Waals surface area contributed by atoms with Crippen LogP contribution in [0.3, 0.4) is 0 Å². The Morgan fingerprint density at radius 3 is 2.69 bits per heavy atom. The van der Waals surface area contributed by atoms with Crippen molar-refractivity contribution >= 4 is 17.9 Å². The Hall–Kier alpha value is -1.63. The van der Waals surface area contributed by atoms with E-state index in [0.717, 1.165) is 4.90 Å². The zero-order valence-electron chi connectivity index (χ0n) is 6.69. The molecule has 1 saturated heterocycles. The van der Waals surface area contributed by atoms with Crippen molar-refractivity contribution in [2.75, 3.05) is 13.1 Å². The maximum Gasteiger partial charge on any atom is 0.324 e. The van der Waals surface area contributed by atoms with Crippen molar-refractivity contribution in [3.05, 3.63) is 0 Å². The first-order chi connectivity index (χ1) is 6.00. The Morgan fingerprint density at radius 2 is 2.31 bits per heavy atom. The second-order valence-corrected chi connectivity index (χ2v) is 2.68. The third-order valence-corrected chi connectivity index (χ3v) is 1.60. The molecule has 72 valence electrons. The second-order valence-electron chi connectivity index (χ2n) is 2.68. The van der Waals surface area contributed by atoms with Gasteiger partial charge in [-0.15, -0.1) is 0 Å². The van der Waals surface area contributed by atoms with Gasteiger partial charge in [0.1, 0.15) is 12.6 Å². The monoisotopic (exact) mass is 187 g/mol. The zero-order chi connectivity index (χ0) is 10.0. The number of rotatable bonds is 3. The van der Waals surface area contributed by atoms with Gasteiger partial charge >= 0.3 is 12.0 Å². The van der Waals surface area contributed by atoms with Crippen molar-refractivity contribution in [2.45, 2.75) is 6.04 Å². The molecular formula is C6H9N3O4. The van der Waals surface area contributed by atoms with Crippen LogP contribution in [0.5, 0.6) is 0 Å². The first-order valence-electron chi connectivity index (χ1n) is 3.58. The Balaban J connectivity index is 2.50. The van der Waals surface area contributed by atoms with E-state index in [1.807, 2.05) is 5.32 Å². The fraction of sp³-hybridized carbons (Fsp3) is 0.500. The standard InChI is InChI=1S/C6H9N3O4/c7-3(5(11)12)1-9-2-4(10)8-6(9)13/h3H,1-2,7H2,(H,11,12)(H,8,10,13)/t3-/m1/s1. The quantitative estimate of drug-likeness (QED) is 0.440. The number of carbonyl (C=O) groups excluding carboxylic acids is 2. The predicted octanol–water partition coefficient (Wildman–Crippen LogP) is -2.05. The maximum absolute atomic E-state index is 10.9. The molecule has 1 atom stereocenters. The highest BCUT2D eigenvalue weighted by Gasteiger charge is 2.29. The summed E-state index contributed by atoms with van der Waals surface area (Å²) in [4.78, 5) is 32.9. The van der Waals surface area contributed by atoms with Gasteiger partial charge in [-0.1, -0.05) is 0 Å². The Kier molecular flexibility index (Phi) is 2.47. The molecule has 0 unspecified atom stereocenters. The van der Waals surface area contributed by atoms with Gasteiger partial charge in [0.05, 0.1) is 0 Å². The maximum atomic E-state index is 10.9. The SMILES string of the molecule is N[C@H](CN1CC(=O)NC1=O)C(=O)O. The molecule has 0 saturated carbocycles. The molecule has 1 rings (SSSR count). The molecule has 0 aromatic heterocycles. The average Bonchev–Trinajstić information content (AvgIpc) is 2.30. The Morgan fingerprint density at radius 1 is 1.69 bits per heavy atom. The molecule has 3 amide bonds. The van der Waals surface area contributed by atoms with E-state index in [1.54, 1.807) is 0 Å². The number of hydrogen-bond acceptors (Lipinski definition) is 4. The Labute approximate surface area is 73.5 Å². The highest BCUT2D eigenvalue weighted by molar-refractivity contribution is 6.02. The van der Waals surface area contributed by atoms with Gasteiger partial charge in [0.2, 0.25) is 5.91 Å². The summed E-state index contributed by atoms with van der Waals surface area (Å²) in [6.45, 7) is -0.285. The van der Waals surface area contributed by atoms with E-state index < -0.39 is 23.9 Å². The van der Waals surface area contributed by atoms with Gasteiger partial charge in [0, 0.05) is 6.54 Å². The molecular weight excluding hydrogens is 178 g/mol. The van der Waals surface area contributed by atoms with E-state index in [0.29, 0.717) is 0 Å². The lowest BCUT2D eigenvalue weighted by atomic mass is 10.3. The topological polar surface area (TPSA) is 113 Å². The lowest BCUT2D eigenvalue weighted by Gasteiger charge is -2.15. The highest BCUT2D eigenvalue weighted by Crippen LogP contribution is 1.98. The van der Waals surface area contributed by atoms with Crippen LogP contribution in [-0.2, 0) is 9.59 Å². The van der Waals surface area contributed by atoms with E-state index in [2.05, 4.69) is 0 Å². The summed E-state index contributed by atoms with van der Waals surface area (Å²) in [6.07, 6.45) is 0. The minimum atomic E-state index is -1.20. The molecule has 1 heterocycles. The number of imide groups is 1. The minimum Gasteiger partial charge on any atom is -0.480 e. The van der Waals surface area contributed by atoms with E-state index in [9.17, 15) is 14.4 Å². The Bertz CT molecular complexity index is 265. The highest BCUT2D eigenvalue weighted by atomic mass is 16.4. The van der Waals surface area contributed by atoms with Gasteiger partial charge in [-0.05, 0) is 0 Å². The van der Waals surface area contributed by atoms with Crippen molar-refractivity contribution in [3.63, 3.8) is 0 Å². The van der Waals surface area contributed by atoms with Gasteiger partial charge in [-0.2, -0.15) is 0 Å². The normalized spacial score (nSPS) is 18.7. The molecule has 7 nitrogen and oxygen atoms in total. The van der Waals surface area contributed by atoms with Crippen molar-refractivity contribution in [1.82, 2.24) is 10.2 Å². The molecule has 4 N–H and O–H groups in total. The summed E-state index contributed by atoms with van der Waals surface area (Å²) in [7, 11) is 0. The summed E-state index contributed by atoms with van der Waals surface area (Å²) in [5, 5.41) is 10.4. The van der Waals surface area contributed by atoms with E-state index in [1.165, 1.54) is 0 Å². The summed E-state index contributed by atoms with van der Waals surface area (Å²) in [5.74, 6) is -1.64. The molecule has 0 aliphatic carbocycles. The number of carboxylic acids is 1. The van der Waals surface area contributed by atoms with Crippen molar-refractivity contribution in [2.24, 2.45) is 5.73 Å². The van der Waals surface area contributed by atoms with Gasteiger partial charge in [0.25, 0.3) is 0 Å². The minimum absolute atomic E-state index is 0.125. The molecule has 0 aromatic rings. The molecule has 13 heavy (non-hydrogen) atoms. The van der Waals surface area contributed by atoms with E-state index in [4.69, 9.17) is 10.8 Å². The summed E-state index contributed by atoms with van der Waals surface area (Å²) >= 11 is 0. The number of hydrogen-bond donors (Lipinski definition) is 3. The number of carbonyl (C=O) groups is 3. The van der Waals surface area contributed by atoms with Crippen LogP contribution >= 0.6 is 0 Å². The van der Waals surface area contributed by atoms with Gasteiger partial charge in [0.15, 0.2) is 0 Å². The number of urea groups is 1. The third-order valence-electron chi connectivity index (χ3n) is 1.60. The van der Waals surface area contributed by atoms with Crippen LogP contribution in [0, 0.1) is 0 Å². The van der Waals surface area contributed by atoms with Crippen LogP contribution in [0.15, 0.2) is 0 Å². The molecule has 1 aliphatic rings. The average molecular weight is 187 g/mol. The molecule has 1 fully saturated rings. The summed E-state index contributed by atoms with van der Waals surface area (Å²) in [6, 6.07) is -1.75. The molecule has 1 aliphatic heterocycles. The number of carboxylic acid groups (broad SMARTS) is 1.